The molecule has 0 aliphatic rings. The smallest absolute Gasteiger partial charge is 0.269 e. The molecule has 1 unspecified atom stereocenters. The Morgan fingerprint density at radius 3 is 2.54 bits per heavy atom. The largest absolute Gasteiger partial charge is 0.335 e. The van der Waals surface area contributed by atoms with Crippen molar-refractivity contribution < 1.29 is 14.1 Å². The van der Waals surface area contributed by atoms with Crippen molar-refractivity contribution in [3.8, 4) is 0 Å². The van der Waals surface area contributed by atoms with Gasteiger partial charge in [0.15, 0.2) is 0 Å². The first-order valence-corrected chi connectivity index (χ1v) is 7.64. The van der Waals surface area contributed by atoms with Gasteiger partial charge < -0.3 is 4.90 Å². The molecule has 2 rings (SSSR count). The zero-order chi connectivity index (χ0) is 18.0. The number of carbonyl (C=O) groups is 1. The number of non-ortho nitro benzene ring substituents is 1. The van der Waals surface area contributed by atoms with E-state index in [9.17, 15) is 19.3 Å². The third-order valence-electron chi connectivity index (χ3n) is 3.71. The minimum atomic E-state index is -0.749. The van der Waals surface area contributed by atoms with Gasteiger partial charge in [-0.05, 0) is 24.6 Å². The summed E-state index contributed by atoms with van der Waals surface area (Å²) in [5, 5.41) is 10.7. The van der Waals surface area contributed by atoms with Gasteiger partial charge in [-0.15, -0.1) is 0 Å². The van der Waals surface area contributed by atoms with E-state index in [2.05, 4.69) is 0 Å². The van der Waals surface area contributed by atoms with Gasteiger partial charge in [0, 0.05) is 19.2 Å². The molecule has 0 spiro atoms. The molecular weight excluding hydrogens is 358 g/mol. The number of rotatable bonds is 4. The van der Waals surface area contributed by atoms with Crippen molar-refractivity contribution in [1.29, 1.82) is 0 Å². The summed E-state index contributed by atoms with van der Waals surface area (Å²) >= 11 is 11.6. The lowest BCUT2D eigenvalue weighted by atomic mass is 10.1. The summed E-state index contributed by atoms with van der Waals surface area (Å²) in [5.74, 6) is -1.27. The van der Waals surface area contributed by atoms with Gasteiger partial charge >= 0.3 is 0 Å². The van der Waals surface area contributed by atoms with Crippen molar-refractivity contribution in [1.82, 2.24) is 4.90 Å². The highest BCUT2D eigenvalue weighted by Gasteiger charge is 2.23. The van der Waals surface area contributed by atoms with Crippen LogP contribution in [0.3, 0.4) is 0 Å². The highest BCUT2D eigenvalue weighted by molar-refractivity contribution is 6.36. The van der Waals surface area contributed by atoms with Gasteiger partial charge in [-0.1, -0.05) is 35.3 Å². The van der Waals surface area contributed by atoms with E-state index in [1.165, 1.54) is 30.1 Å². The van der Waals surface area contributed by atoms with Gasteiger partial charge in [0.05, 0.1) is 26.6 Å². The van der Waals surface area contributed by atoms with E-state index in [0.29, 0.717) is 5.56 Å². The topological polar surface area (TPSA) is 63.5 Å². The highest BCUT2D eigenvalue weighted by Crippen LogP contribution is 2.28. The Morgan fingerprint density at radius 1 is 1.25 bits per heavy atom. The predicted octanol–water partition coefficient (Wildman–Crippen LogP) is 4.87. The molecule has 0 radical (unpaired) electrons. The number of nitrogens with zero attached hydrogens (tertiary/aromatic N) is 2. The quantitative estimate of drug-likeness (QED) is 0.437. The van der Waals surface area contributed by atoms with Gasteiger partial charge in [0.1, 0.15) is 5.82 Å². The molecule has 8 heteroatoms. The van der Waals surface area contributed by atoms with E-state index in [0.717, 1.165) is 12.1 Å². The Kier molecular flexibility index (Phi) is 5.41. The molecule has 1 atom stereocenters. The Morgan fingerprint density at radius 2 is 1.92 bits per heavy atom. The van der Waals surface area contributed by atoms with Crippen LogP contribution >= 0.6 is 23.2 Å². The average Bonchev–Trinajstić information content (AvgIpc) is 2.56. The van der Waals surface area contributed by atoms with E-state index in [4.69, 9.17) is 23.2 Å². The van der Waals surface area contributed by atoms with Crippen LogP contribution in [-0.4, -0.2) is 22.8 Å². The molecule has 0 saturated carbocycles. The van der Waals surface area contributed by atoms with Crippen molar-refractivity contribution in [2.24, 2.45) is 0 Å². The second kappa shape index (κ2) is 7.15. The van der Waals surface area contributed by atoms with E-state index in [-0.39, 0.29) is 21.3 Å². The van der Waals surface area contributed by atoms with Crippen LogP contribution in [0, 0.1) is 15.9 Å². The first-order chi connectivity index (χ1) is 11.2. The lowest BCUT2D eigenvalue weighted by Crippen LogP contribution is -2.30. The van der Waals surface area contributed by atoms with Crippen molar-refractivity contribution in [2.45, 2.75) is 13.0 Å². The first-order valence-electron chi connectivity index (χ1n) is 6.88. The summed E-state index contributed by atoms with van der Waals surface area (Å²) < 4.78 is 13.6. The highest BCUT2D eigenvalue weighted by atomic mass is 35.5. The third-order valence-corrected chi connectivity index (χ3v) is 4.31. The zero-order valence-electron chi connectivity index (χ0n) is 12.8. The molecule has 0 bridgehead atoms. The van der Waals surface area contributed by atoms with Gasteiger partial charge in [-0.3, -0.25) is 14.9 Å². The first kappa shape index (κ1) is 18.2. The van der Waals surface area contributed by atoms with Crippen LogP contribution in [0.2, 0.25) is 10.0 Å². The maximum Gasteiger partial charge on any atom is 0.269 e. The summed E-state index contributed by atoms with van der Waals surface area (Å²) in [6.07, 6.45) is 0. The number of benzene rings is 2. The molecule has 2 aromatic rings. The second-order valence-electron chi connectivity index (χ2n) is 5.19. The molecule has 0 aliphatic heterocycles. The van der Waals surface area contributed by atoms with Crippen molar-refractivity contribution in [2.75, 3.05) is 7.05 Å². The lowest BCUT2D eigenvalue weighted by Gasteiger charge is -2.25. The summed E-state index contributed by atoms with van der Waals surface area (Å²) in [6, 6.07) is 7.62. The van der Waals surface area contributed by atoms with Crippen molar-refractivity contribution in [3.05, 3.63) is 73.5 Å². The molecule has 0 fully saturated rings. The maximum atomic E-state index is 13.6. The Labute approximate surface area is 147 Å². The predicted molar refractivity (Wildman–Crippen MR) is 90.0 cm³/mol. The minimum Gasteiger partial charge on any atom is -0.335 e. The lowest BCUT2D eigenvalue weighted by molar-refractivity contribution is -0.384. The Bertz CT molecular complexity index is 814. The van der Waals surface area contributed by atoms with Crippen molar-refractivity contribution in [3.63, 3.8) is 0 Å². The number of amides is 1. The van der Waals surface area contributed by atoms with Crippen LogP contribution in [0.5, 0.6) is 0 Å². The van der Waals surface area contributed by atoms with Crippen LogP contribution in [-0.2, 0) is 0 Å². The number of halogens is 3. The molecule has 0 heterocycles. The molecular formula is C16H13Cl2FN2O3. The van der Waals surface area contributed by atoms with Crippen molar-refractivity contribution >= 4 is 34.8 Å². The molecule has 2 aromatic carbocycles. The maximum absolute atomic E-state index is 13.6. The number of hydrogen-bond donors (Lipinski definition) is 0. The van der Waals surface area contributed by atoms with Gasteiger partial charge in [0.25, 0.3) is 11.6 Å². The Hall–Kier alpha value is -2.18. The van der Waals surface area contributed by atoms with E-state index >= 15 is 0 Å². The SMILES string of the molecule is CC(c1cccc([N+](=O)[O-])c1)N(C)C(=O)c1cc(F)c(Cl)cc1Cl. The summed E-state index contributed by atoms with van der Waals surface area (Å²) in [6.45, 7) is 1.71. The summed E-state index contributed by atoms with van der Waals surface area (Å²) in [5.41, 5.74) is 0.472. The molecule has 24 heavy (non-hydrogen) atoms. The van der Waals surface area contributed by atoms with E-state index in [1.54, 1.807) is 13.0 Å². The molecule has 0 N–H and O–H groups in total. The summed E-state index contributed by atoms with van der Waals surface area (Å²) in [7, 11) is 1.51. The van der Waals surface area contributed by atoms with E-state index < -0.39 is 22.7 Å². The van der Waals surface area contributed by atoms with Crippen LogP contribution in [0.25, 0.3) is 0 Å². The van der Waals surface area contributed by atoms with Gasteiger partial charge in [-0.2, -0.15) is 0 Å². The molecule has 0 aromatic heterocycles. The molecule has 0 saturated heterocycles. The van der Waals surface area contributed by atoms with Crippen LogP contribution in [0.1, 0.15) is 28.9 Å². The normalized spacial score (nSPS) is 11.9. The van der Waals surface area contributed by atoms with Gasteiger partial charge in [-0.25, -0.2) is 4.39 Å². The number of nitro benzene ring substituents is 1. The fourth-order valence-electron chi connectivity index (χ4n) is 2.17. The fourth-order valence-corrected chi connectivity index (χ4v) is 2.64. The second-order valence-corrected chi connectivity index (χ2v) is 6.00. The third kappa shape index (κ3) is 3.66. The molecule has 5 nitrogen and oxygen atoms in total. The fraction of sp³-hybridized carbons (Fsp3) is 0.188. The number of nitro groups is 1. The molecule has 126 valence electrons. The monoisotopic (exact) mass is 370 g/mol. The molecule has 1 amide bonds. The minimum absolute atomic E-state index is 0.0293. The Balaban J connectivity index is 2.32. The average molecular weight is 371 g/mol. The zero-order valence-corrected chi connectivity index (χ0v) is 14.3. The number of carbonyl (C=O) groups excluding carboxylic acids is 1. The number of hydrogen-bond acceptors (Lipinski definition) is 3. The molecule has 0 aliphatic carbocycles. The van der Waals surface area contributed by atoms with Crippen LogP contribution < -0.4 is 0 Å². The van der Waals surface area contributed by atoms with Gasteiger partial charge in [0.2, 0.25) is 0 Å². The standard InChI is InChI=1S/C16H13Cl2FN2O3/c1-9(10-4-3-5-11(6-10)21(23)24)20(2)16(22)12-7-15(19)14(18)8-13(12)17/h3-9H,1-2H3. The van der Waals surface area contributed by atoms with Crippen LogP contribution in [0.4, 0.5) is 10.1 Å². The van der Waals surface area contributed by atoms with E-state index in [1.807, 2.05) is 0 Å². The summed E-state index contributed by atoms with van der Waals surface area (Å²) in [4.78, 5) is 24.2. The van der Waals surface area contributed by atoms with Crippen LogP contribution in [0.15, 0.2) is 36.4 Å².